The number of carbonyl (C=O) groups is 2. The zero-order valence-electron chi connectivity index (χ0n) is 17.1. The number of benzene rings is 1. The molecule has 0 unspecified atom stereocenters. The third-order valence-corrected chi connectivity index (χ3v) is 6.77. The molecule has 2 heterocycles. The van der Waals surface area contributed by atoms with Gasteiger partial charge in [0, 0.05) is 22.1 Å². The molecule has 2 amide bonds. The van der Waals surface area contributed by atoms with Gasteiger partial charge in [0.2, 0.25) is 5.89 Å². The largest absolute Gasteiger partial charge is 0.445 e. The third kappa shape index (κ3) is 6.30. The van der Waals surface area contributed by atoms with Crippen molar-refractivity contribution in [2.45, 2.75) is 51.5 Å². The topological polar surface area (TPSA) is 107 Å². The van der Waals surface area contributed by atoms with Crippen molar-refractivity contribution in [1.29, 1.82) is 0 Å². The minimum atomic E-state index is -1.43. The lowest BCUT2D eigenvalue weighted by Crippen LogP contribution is -2.54. The molecule has 1 aliphatic rings. The van der Waals surface area contributed by atoms with Crippen LogP contribution in [0.3, 0.4) is 0 Å². The molecular formula is C19H24BrN4O5Si. The molecule has 1 aliphatic heterocycles. The van der Waals surface area contributed by atoms with Crippen LogP contribution in [0.15, 0.2) is 39.5 Å². The Morgan fingerprint density at radius 2 is 2.03 bits per heavy atom. The standard InChI is InChI=1S/C19H24BrN4O5Si/c1-19(2,3)29-18(26)24-12-30(10-9-14(24)15-21-22-16(20)28-15)23-17(25)27-11-13-7-5-4-6-8-13/h4-8,14H,9-12H2,1-3H3,(H,23,25)/t14-/m1/s1. The molecule has 1 saturated heterocycles. The summed E-state index contributed by atoms with van der Waals surface area (Å²) >= 11 is 3.14. The predicted octanol–water partition coefficient (Wildman–Crippen LogP) is 3.97. The first-order valence-corrected chi connectivity index (χ1v) is 12.2. The normalized spacial score (nSPS) is 17.5. The van der Waals surface area contributed by atoms with E-state index in [2.05, 4.69) is 31.1 Å². The minimum absolute atomic E-state index is 0.191. The van der Waals surface area contributed by atoms with E-state index in [0.29, 0.717) is 18.5 Å². The maximum Gasteiger partial charge on any atom is 0.410 e. The van der Waals surface area contributed by atoms with Gasteiger partial charge in [-0.25, -0.2) is 9.59 Å². The van der Waals surface area contributed by atoms with E-state index in [4.69, 9.17) is 13.9 Å². The lowest BCUT2D eigenvalue weighted by atomic mass is 10.2. The number of nitrogens with zero attached hydrogens (tertiary/aromatic N) is 3. The Labute approximate surface area is 184 Å². The molecule has 1 aromatic carbocycles. The fourth-order valence-electron chi connectivity index (χ4n) is 2.99. The number of halogens is 1. The van der Waals surface area contributed by atoms with Gasteiger partial charge < -0.3 is 18.9 Å². The number of nitrogens with one attached hydrogen (secondary N) is 1. The number of carbonyl (C=O) groups excluding carboxylic acids is 2. The van der Waals surface area contributed by atoms with Gasteiger partial charge in [-0.3, -0.25) is 4.90 Å². The van der Waals surface area contributed by atoms with Crippen molar-refractivity contribution in [2.75, 3.05) is 6.17 Å². The van der Waals surface area contributed by atoms with Crippen LogP contribution in [0, 0.1) is 0 Å². The van der Waals surface area contributed by atoms with Crippen LogP contribution < -0.4 is 4.98 Å². The number of hydrogen-bond acceptors (Lipinski definition) is 7. The van der Waals surface area contributed by atoms with Crippen molar-refractivity contribution in [3.8, 4) is 0 Å². The quantitative estimate of drug-likeness (QED) is 0.639. The van der Waals surface area contributed by atoms with Gasteiger partial charge in [0.1, 0.15) is 18.2 Å². The summed E-state index contributed by atoms with van der Waals surface area (Å²) in [5.74, 6) is 0.334. The Morgan fingerprint density at radius 3 is 2.67 bits per heavy atom. The van der Waals surface area contributed by atoms with Gasteiger partial charge >= 0.3 is 12.2 Å². The van der Waals surface area contributed by atoms with Crippen LogP contribution >= 0.6 is 15.9 Å². The predicted molar refractivity (Wildman–Crippen MR) is 113 cm³/mol. The molecule has 1 atom stereocenters. The summed E-state index contributed by atoms with van der Waals surface area (Å²) in [5.41, 5.74) is 0.259. The van der Waals surface area contributed by atoms with E-state index in [9.17, 15) is 9.59 Å². The summed E-state index contributed by atoms with van der Waals surface area (Å²) in [6, 6.07) is 9.77. The fourth-order valence-corrected chi connectivity index (χ4v) is 5.34. The van der Waals surface area contributed by atoms with E-state index in [1.54, 1.807) is 25.7 Å². The molecule has 0 bridgehead atoms. The van der Waals surface area contributed by atoms with Crippen LogP contribution in [-0.4, -0.2) is 48.0 Å². The van der Waals surface area contributed by atoms with Gasteiger partial charge in [-0.15, -0.1) is 10.2 Å². The smallest absolute Gasteiger partial charge is 0.410 e. The molecule has 161 valence electrons. The molecule has 1 fully saturated rings. The Hall–Kier alpha value is -2.40. The molecular weight excluding hydrogens is 472 g/mol. The molecule has 0 aliphatic carbocycles. The van der Waals surface area contributed by atoms with Gasteiger partial charge in [0.25, 0.3) is 4.80 Å². The molecule has 0 spiro atoms. The summed E-state index contributed by atoms with van der Waals surface area (Å²) in [6.07, 6.45) is -0.0643. The highest BCUT2D eigenvalue weighted by Crippen LogP contribution is 2.32. The molecule has 1 N–H and O–H groups in total. The van der Waals surface area contributed by atoms with Gasteiger partial charge in [0.15, 0.2) is 8.96 Å². The Balaban J connectivity index is 1.63. The Morgan fingerprint density at radius 1 is 1.30 bits per heavy atom. The Bertz CT molecular complexity index is 873. The second-order valence-electron chi connectivity index (χ2n) is 7.85. The molecule has 30 heavy (non-hydrogen) atoms. The number of amides is 2. The van der Waals surface area contributed by atoms with E-state index in [-0.39, 0.29) is 11.4 Å². The van der Waals surface area contributed by atoms with Gasteiger partial charge in [-0.1, -0.05) is 30.3 Å². The van der Waals surface area contributed by atoms with Gasteiger partial charge in [0.05, 0.1) is 0 Å². The second kappa shape index (κ2) is 9.60. The minimum Gasteiger partial charge on any atom is -0.445 e. The Kier molecular flexibility index (Phi) is 7.13. The van der Waals surface area contributed by atoms with E-state index >= 15 is 0 Å². The zero-order chi connectivity index (χ0) is 21.7. The average Bonchev–Trinajstić information content (AvgIpc) is 3.12. The molecule has 1 aromatic heterocycles. The summed E-state index contributed by atoms with van der Waals surface area (Å²) in [5, 5.41) is 7.82. The summed E-state index contributed by atoms with van der Waals surface area (Å²) in [7, 11) is -1.43. The third-order valence-electron chi connectivity index (χ3n) is 4.28. The first-order valence-electron chi connectivity index (χ1n) is 9.52. The van der Waals surface area contributed by atoms with E-state index in [1.807, 2.05) is 30.3 Å². The van der Waals surface area contributed by atoms with E-state index in [1.165, 1.54) is 0 Å². The van der Waals surface area contributed by atoms with Crippen LogP contribution in [0.2, 0.25) is 6.04 Å². The monoisotopic (exact) mass is 495 g/mol. The maximum absolute atomic E-state index is 12.8. The lowest BCUT2D eigenvalue weighted by molar-refractivity contribution is 0.0148. The lowest BCUT2D eigenvalue weighted by Gasteiger charge is -2.37. The van der Waals surface area contributed by atoms with Crippen LogP contribution in [0.4, 0.5) is 9.59 Å². The van der Waals surface area contributed by atoms with Crippen LogP contribution in [0.5, 0.6) is 0 Å². The van der Waals surface area contributed by atoms with Gasteiger partial charge in [-0.05, 0) is 38.8 Å². The highest BCUT2D eigenvalue weighted by molar-refractivity contribution is 9.10. The van der Waals surface area contributed by atoms with E-state index in [0.717, 1.165) is 11.6 Å². The highest BCUT2D eigenvalue weighted by atomic mass is 79.9. The van der Waals surface area contributed by atoms with E-state index < -0.39 is 32.8 Å². The van der Waals surface area contributed by atoms with Crippen molar-refractivity contribution in [3.63, 3.8) is 0 Å². The molecule has 1 radical (unpaired) electrons. The van der Waals surface area contributed by atoms with Crippen molar-refractivity contribution in [1.82, 2.24) is 20.1 Å². The maximum atomic E-state index is 12.8. The van der Waals surface area contributed by atoms with Crippen molar-refractivity contribution < 1.29 is 23.5 Å². The summed E-state index contributed by atoms with van der Waals surface area (Å²) in [6.45, 7) is 5.60. The summed E-state index contributed by atoms with van der Waals surface area (Å²) < 4.78 is 16.3. The first-order chi connectivity index (χ1) is 14.2. The second-order valence-corrected chi connectivity index (χ2v) is 10.8. The molecule has 3 rings (SSSR count). The van der Waals surface area contributed by atoms with Crippen LogP contribution in [0.1, 0.15) is 44.7 Å². The van der Waals surface area contributed by atoms with Crippen molar-refractivity contribution in [2.24, 2.45) is 0 Å². The molecule has 11 heteroatoms. The zero-order valence-corrected chi connectivity index (χ0v) is 19.6. The fraction of sp³-hybridized carbons (Fsp3) is 0.474. The number of aromatic nitrogens is 2. The van der Waals surface area contributed by atoms with Crippen LogP contribution in [-0.2, 0) is 16.1 Å². The number of rotatable bonds is 4. The van der Waals surface area contributed by atoms with Crippen molar-refractivity contribution in [3.05, 3.63) is 46.6 Å². The summed E-state index contributed by atoms with van der Waals surface area (Å²) in [4.78, 5) is 29.8. The molecule has 0 saturated carbocycles. The van der Waals surface area contributed by atoms with Crippen LogP contribution in [0.25, 0.3) is 0 Å². The number of ether oxygens (including phenoxy) is 2. The molecule has 9 nitrogen and oxygen atoms in total. The molecule has 2 aromatic rings. The van der Waals surface area contributed by atoms with Crippen molar-refractivity contribution >= 4 is 37.1 Å². The highest BCUT2D eigenvalue weighted by Gasteiger charge is 2.39. The SMILES string of the molecule is CC(C)(C)OC(=O)N1C[Si](NC(=O)OCc2ccccc2)CC[C@@H]1c1nnc(Br)o1. The van der Waals surface area contributed by atoms with Gasteiger partial charge in [-0.2, -0.15) is 0 Å². The first kappa shape index (κ1) is 22.3. The number of hydrogen-bond donors (Lipinski definition) is 1. The average molecular weight is 496 g/mol.